The van der Waals surface area contributed by atoms with Crippen LogP contribution in [0.1, 0.15) is 26.2 Å². The normalized spacial score (nSPS) is 12.5. The zero-order valence-electron chi connectivity index (χ0n) is 8.51. The predicted molar refractivity (Wildman–Crippen MR) is 52.4 cm³/mol. The first-order chi connectivity index (χ1) is 6.24. The molecular weight excluding hydrogens is 168 g/mol. The summed E-state index contributed by atoms with van der Waals surface area (Å²) in [5, 5.41) is 2.88. The van der Waals surface area contributed by atoms with Crippen molar-refractivity contribution in [2.24, 2.45) is 5.73 Å². The van der Waals surface area contributed by atoms with Gasteiger partial charge < -0.3 is 15.8 Å². The highest BCUT2D eigenvalue weighted by Crippen LogP contribution is 1.97. The maximum Gasteiger partial charge on any atom is 0.221 e. The first-order valence-corrected chi connectivity index (χ1v) is 4.73. The fourth-order valence-electron chi connectivity index (χ4n) is 1.18. The fourth-order valence-corrected chi connectivity index (χ4v) is 1.18. The molecule has 4 nitrogen and oxygen atoms in total. The number of ether oxygens (including phenoxy) is 1. The van der Waals surface area contributed by atoms with Crippen molar-refractivity contribution in [2.75, 3.05) is 20.3 Å². The van der Waals surface area contributed by atoms with Crippen molar-refractivity contribution < 1.29 is 9.53 Å². The van der Waals surface area contributed by atoms with Gasteiger partial charge in [0.05, 0.1) is 12.6 Å². The minimum atomic E-state index is 0.0120. The molecule has 13 heavy (non-hydrogen) atoms. The van der Waals surface area contributed by atoms with Crippen LogP contribution < -0.4 is 11.1 Å². The summed E-state index contributed by atoms with van der Waals surface area (Å²) in [6, 6.07) is 0.133. The smallest absolute Gasteiger partial charge is 0.221 e. The molecule has 0 fully saturated rings. The van der Waals surface area contributed by atoms with Gasteiger partial charge in [-0.25, -0.2) is 0 Å². The Kier molecular flexibility index (Phi) is 7.63. The van der Waals surface area contributed by atoms with Gasteiger partial charge in [0.15, 0.2) is 0 Å². The van der Waals surface area contributed by atoms with Crippen LogP contribution in [0.3, 0.4) is 0 Å². The van der Waals surface area contributed by atoms with E-state index in [2.05, 4.69) is 12.2 Å². The molecule has 0 spiro atoms. The Bertz CT molecular complexity index is 134. The molecule has 0 aliphatic carbocycles. The topological polar surface area (TPSA) is 64.3 Å². The average molecular weight is 188 g/mol. The highest BCUT2D eigenvalue weighted by Gasteiger charge is 2.09. The van der Waals surface area contributed by atoms with Crippen molar-refractivity contribution in [2.45, 2.75) is 32.2 Å². The predicted octanol–water partition coefficient (Wildman–Crippen LogP) is 0.267. The molecule has 1 atom stereocenters. The molecule has 0 aliphatic rings. The van der Waals surface area contributed by atoms with Crippen LogP contribution in [0.2, 0.25) is 0 Å². The molecule has 0 rings (SSSR count). The van der Waals surface area contributed by atoms with Crippen molar-refractivity contribution in [3.63, 3.8) is 0 Å². The Labute approximate surface area is 79.8 Å². The van der Waals surface area contributed by atoms with E-state index in [4.69, 9.17) is 10.5 Å². The van der Waals surface area contributed by atoms with Gasteiger partial charge in [-0.2, -0.15) is 0 Å². The summed E-state index contributed by atoms with van der Waals surface area (Å²) < 4.78 is 4.99. The van der Waals surface area contributed by atoms with Crippen LogP contribution in [0, 0.1) is 0 Å². The lowest BCUT2D eigenvalue weighted by atomic mass is 10.2. The molecule has 1 unspecified atom stereocenters. The number of carbonyl (C=O) groups is 1. The first-order valence-electron chi connectivity index (χ1n) is 4.73. The number of amides is 1. The summed E-state index contributed by atoms with van der Waals surface area (Å²) in [7, 11) is 1.64. The summed E-state index contributed by atoms with van der Waals surface area (Å²) in [5.41, 5.74) is 5.26. The van der Waals surface area contributed by atoms with Gasteiger partial charge in [-0.05, 0) is 6.42 Å². The number of hydrogen-bond donors (Lipinski definition) is 2. The molecule has 0 radical (unpaired) electrons. The van der Waals surface area contributed by atoms with Crippen LogP contribution >= 0.6 is 0 Å². The second-order valence-electron chi connectivity index (χ2n) is 3.05. The van der Waals surface area contributed by atoms with E-state index in [1.807, 2.05) is 0 Å². The van der Waals surface area contributed by atoms with Crippen LogP contribution in [0.25, 0.3) is 0 Å². The molecule has 0 saturated carbocycles. The summed E-state index contributed by atoms with van der Waals surface area (Å²) in [4.78, 5) is 11.2. The lowest BCUT2D eigenvalue weighted by molar-refractivity contribution is -0.122. The van der Waals surface area contributed by atoms with Crippen LogP contribution in [-0.4, -0.2) is 32.2 Å². The Balaban J connectivity index is 3.71. The molecule has 3 N–H and O–H groups in total. The highest BCUT2D eigenvalue weighted by molar-refractivity contribution is 5.76. The Hall–Kier alpha value is -0.610. The largest absolute Gasteiger partial charge is 0.383 e. The van der Waals surface area contributed by atoms with Crippen LogP contribution in [-0.2, 0) is 9.53 Å². The maximum atomic E-state index is 11.2. The molecule has 4 heteroatoms. The van der Waals surface area contributed by atoms with E-state index in [-0.39, 0.29) is 11.9 Å². The summed E-state index contributed by atoms with van der Waals surface area (Å²) in [6.45, 7) is 3.06. The van der Waals surface area contributed by atoms with E-state index in [1.54, 1.807) is 7.11 Å². The Morgan fingerprint density at radius 2 is 2.31 bits per heavy atom. The van der Waals surface area contributed by atoms with E-state index in [0.717, 1.165) is 12.8 Å². The van der Waals surface area contributed by atoms with Gasteiger partial charge >= 0.3 is 0 Å². The average Bonchev–Trinajstić information content (AvgIpc) is 2.05. The zero-order valence-corrected chi connectivity index (χ0v) is 8.51. The van der Waals surface area contributed by atoms with Crippen molar-refractivity contribution in [1.29, 1.82) is 0 Å². The molecule has 78 valence electrons. The van der Waals surface area contributed by atoms with Gasteiger partial charge in [-0.3, -0.25) is 4.79 Å². The van der Waals surface area contributed by atoms with Crippen molar-refractivity contribution in [1.82, 2.24) is 5.32 Å². The monoisotopic (exact) mass is 188 g/mol. The number of carbonyl (C=O) groups excluding carboxylic acids is 1. The van der Waals surface area contributed by atoms with Crippen LogP contribution in [0.4, 0.5) is 0 Å². The maximum absolute atomic E-state index is 11.2. The SMILES string of the molecule is CCCC(COC)NC(=O)CCN. The number of methoxy groups -OCH3 is 1. The van der Waals surface area contributed by atoms with Crippen LogP contribution in [0.5, 0.6) is 0 Å². The highest BCUT2D eigenvalue weighted by atomic mass is 16.5. The molecule has 1 amide bonds. The minimum Gasteiger partial charge on any atom is -0.383 e. The van der Waals surface area contributed by atoms with Crippen molar-refractivity contribution >= 4 is 5.91 Å². The Morgan fingerprint density at radius 3 is 2.77 bits per heavy atom. The lowest BCUT2D eigenvalue weighted by Crippen LogP contribution is -2.38. The van der Waals surface area contributed by atoms with Gasteiger partial charge in [0.25, 0.3) is 0 Å². The molecule has 0 bridgehead atoms. The molecular formula is C9H20N2O2. The van der Waals surface area contributed by atoms with Crippen molar-refractivity contribution in [3.05, 3.63) is 0 Å². The third kappa shape index (κ3) is 6.54. The molecule has 0 saturated heterocycles. The summed E-state index contributed by atoms with van der Waals surface area (Å²) >= 11 is 0. The molecule has 0 heterocycles. The second kappa shape index (κ2) is 8.01. The summed E-state index contributed by atoms with van der Waals surface area (Å²) in [6.07, 6.45) is 2.38. The quantitative estimate of drug-likeness (QED) is 0.602. The van der Waals surface area contributed by atoms with E-state index in [0.29, 0.717) is 19.6 Å². The minimum absolute atomic E-state index is 0.0120. The van der Waals surface area contributed by atoms with E-state index >= 15 is 0 Å². The van der Waals surface area contributed by atoms with E-state index < -0.39 is 0 Å². The standard InChI is InChI=1S/C9H20N2O2/c1-3-4-8(7-13-2)11-9(12)5-6-10/h8H,3-7,10H2,1-2H3,(H,11,12). The van der Waals surface area contributed by atoms with Gasteiger partial charge in [-0.1, -0.05) is 13.3 Å². The van der Waals surface area contributed by atoms with E-state index in [1.165, 1.54) is 0 Å². The molecule has 0 aliphatic heterocycles. The zero-order chi connectivity index (χ0) is 10.1. The number of hydrogen-bond acceptors (Lipinski definition) is 3. The third-order valence-electron chi connectivity index (χ3n) is 1.74. The Morgan fingerprint density at radius 1 is 1.62 bits per heavy atom. The van der Waals surface area contributed by atoms with E-state index in [9.17, 15) is 4.79 Å². The third-order valence-corrected chi connectivity index (χ3v) is 1.74. The number of rotatable bonds is 7. The summed E-state index contributed by atoms with van der Waals surface area (Å²) in [5.74, 6) is 0.0120. The fraction of sp³-hybridized carbons (Fsp3) is 0.889. The van der Waals surface area contributed by atoms with Gasteiger partial charge in [0, 0.05) is 20.1 Å². The number of nitrogens with one attached hydrogen (secondary N) is 1. The lowest BCUT2D eigenvalue weighted by Gasteiger charge is -2.16. The molecule has 0 aromatic heterocycles. The van der Waals surface area contributed by atoms with Gasteiger partial charge in [0.2, 0.25) is 5.91 Å². The van der Waals surface area contributed by atoms with Crippen LogP contribution in [0.15, 0.2) is 0 Å². The molecule has 0 aromatic rings. The van der Waals surface area contributed by atoms with Gasteiger partial charge in [-0.15, -0.1) is 0 Å². The molecule has 0 aromatic carbocycles. The number of nitrogens with two attached hydrogens (primary N) is 1. The van der Waals surface area contributed by atoms with Gasteiger partial charge in [0.1, 0.15) is 0 Å². The first kappa shape index (κ1) is 12.4. The van der Waals surface area contributed by atoms with Crippen molar-refractivity contribution in [3.8, 4) is 0 Å². The second-order valence-corrected chi connectivity index (χ2v) is 3.05.